The van der Waals surface area contributed by atoms with E-state index in [4.69, 9.17) is 0 Å². The van der Waals surface area contributed by atoms with Gasteiger partial charge in [0, 0.05) is 7.05 Å². The number of likely N-dealkylation sites (N-methyl/N-ethyl adjacent to an activating group) is 2. The zero-order valence-corrected chi connectivity index (χ0v) is 8.96. The Morgan fingerprint density at radius 1 is 1.47 bits per heavy atom. The van der Waals surface area contributed by atoms with Gasteiger partial charge in [0.05, 0.1) is 12.2 Å². The van der Waals surface area contributed by atoms with Crippen LogP contribution in [0.1, 0.15) is 6.92 Å². The van der Waals surface area contributed by atoms with Gasteiger partial charge in [0.1, 0.15) is 5.82 Å². The molecule has 1 amide bonds. The second-order valence-electron chi connectivity index (χ2n) is 3.18. The minimum absolute atomic E-state index is 0.151. The number of nitrogens with one attached hydrogen (secondary N) is 1. The summed E-state index contributed by atoms with van der Waals surface area (Å²) in [5.41, 5.74) is 0.306. The predicted octanol–water partition coefficient (Wildman–Crippen LogP) is 1.40. The number of rotatable bonds is 4. The highest BCUT2D eigenvalue weighted by molar-refractivity contribution is 5.94. The van der Waals surface area contributed by atoms with E-state index in [0.717, 1.165) is 6.54 Å². The fourth-order valence-electron chi connectivity index (χ4n) is 1.21. The Kier molecular flexibility index (Phi) is 4.24. The van der Waals surface area contributed by atoms with E-state index >= 15 is 0 Å². The van der Waals surface area contributed by atoms with E-state index in [2.05, 4.69) is 5.32 Å². The van der Waals surface area contributed by atoms with Gasteiger partial charge >= 0.3 is 0 Å². The number of benzene rings is 1. The lowest BCUT2D eigenvalue weighted by atomic mass is 10.3. The molecule has 0 unspecified atom stereocenters. The number of anilines is 1. The topological polar surface area (TPSA) is 32.3 Å². The van der Waals surface area contributed by atoms with Crippen molar-refractivity contribution in [2.45, 2.75) is 6.92 Å². The Bertz CT molecular complexity index is 341. The fourth-order valence-corrected chi connectivity index (χ4v) is 1.21. The molecule has 3 nitrogen and oxygen atoms in total. The van der Waals surface area contributed by atoms with Gasteiger partial charge < -0.3 is 10.2 Å². The van der Waals surface area contributed by atoms with Crippen LogP contribution in [0.5, 0.6) is 0 Å². The van der Waals surface area contributed by atoms with E-state index in [1.165, 1.54) is 11.0 Å². The van der Waals surface area contributed by atoms with E-state index < -0.39 is 0 Å². The fraction of sp³-hybridized carbons (Fsp3) is 0.364. The summed E-state index contributed by atoms with van der Waals surface area (Å²) in [5.74, 6) is -0.535. The van der Waals surface area contributed by atoms with Crippen molar-refractivity contribution in [2.75, 3.05) is 25.0 Å². The van der Waals surface area contributed by atoms with Gasteiger partial charge in [-0.2, -0.15) is 0 Å². The summed E-state index contributed by atoms with van der Waals surface area (Å²) in [7, 11) is 1.57. The van der Waals surface area contributed by atoms with Crippen molar-refractivity contribution >= 4 is 11.6 Å². The lowest BCUT2D eigenvalue weighted by molar-refractivity contribution is -0.117. The first-order valence-electron chi connectivity index (χ1n) is 4.88. The van der Waals surface area contributed by atoms with Crippen molar-refractivity contribution in [3.8, 4) is 0 Å². The average Bonchev–Trinajstić information content (AvgIpc) is 2.25. The highest BCUT2D eigenvalue weighted by Gasteiger charge is 2.12. The monoisotopic (exact) mass is 210 g/mol. The molecule has 1 N–H and O–H groups in total. The second kappa shape index (κ2) is 5.46. The largest absolute Gasteiger partial charge is 0.312 e. The van der Waals surface area contributed by atoms with Crippen molar-refractivity contribution in [2.24, 2.45) is 0 Å². The molecule has 0 atom stereocenters. The third-order valence-electron chi connectivity index (χ3n) is 2.11. The number of amides is 1. The summed E-state index contributed by atoms with van der Waals surface area (Å²) >= 11 is 0. The van der Waals surface area contributed by atoms with Crippen LogP contribution in [0.15, 0.2) is 24.3 Å². The quantitative estimate of drug-likeness (QED) is 0.814. The van der Waals surface area contributed by atoms with Crippen molar-refractivity contribution in [1.29, 1.82) is 0 Å². The number of hydrogen-bond donors (Lipinski definition) is 1. The standard InChI is InChI=1S/C11H15FN2O/c1-3-13-8-11(15)14(2)10-7-5-4-6-9(10)12/h4-7,13H,3,8H2,1-2H3. The smallest absolute Gasteiger partial charge is 0.240 e. The van der Waals surface area contributed by atoms with Gasteiger partial charge in [-0.25, -0.2) is 4.39 Å². The number of hydrogen-bond acceptors (Lipinski definition) is 2. The van der Waals surface area contributed by atoms with Gasteiger partial charge in [-0.1, -0.05) is 19.1 Å². The Morgan fingerprint density at radius 2 is 2.13 bits per heavy atom. The zero-order valence-electron chi connectivity index (χ0n) is 8.96. The lowest BCUT2D eigenvalue weighted by Crippen LogP contribution is -2.35. The van der Waals surface area contributed by atoms with Crippen LogP contribution in [0, 0.1) is 5.82 Å². The van der Waals surface area contributed by atoms with Gasteiger partial charge in [-0.15, -0.1) is 0 Å². The van der Waals surface area contributed by atoms with E-state index in [1.807, 2.05) is 6.92 Å². The number of halogens is 1. The Morgan fingerprint density at radius 3 is 2.73 bits per heavy atom. The zero-order chi connectivity index (χ0) is 11.3. The molecule has 82 valence electrons. The minimum Gasteiger partial charge on any atom is -0.312 e. The first-order valence-corrected chi connectivity index (χ1v) is 4.88. The Labute approximate surface area is 88.9 Å². The molecule has 0 fully saturated rings. The molecule has 0 saturated carbocycles. The highest BCUT2D eigenvalue weighted by Crippen LogP contribution is 2.16. The van der Waals surface area contributed by atoms with Crippen molar-refractivity contribution in [3.05, 3.63) is 30.1 Å². The molecule has 15 heavy (non-hydrogen) atoms. The molecule has 0 aliphatic rings. The molecule has 0 bridgehead atoms. The summed E-state index contributed by atoms with van der Waals surface area (Å²) < 4.78 is 13.3. The molecule has 0 aliphatic heterocycles. The summed E-state index contributed by atoms with van der Waals surface area (Å²) in [6, 6.07) is 6.22. The SMILES string of the molecule is CCNCC(=O)N(C)c1ccccc1F. The molecule has 1 aromatic rings. The molecule has 1 rings (SSSR count). The molecule has 0 heterocycles. The van der Waals surface area contributed by atoms with Crippen LogP contribution < -0.4 is 10.2 Å². The predicted molar refractivity (Wildman–Crippen MR) is 58.4 cm³/mol. The average molecular weight is 210 g/mol. The van der Waals surface area contributed by atoms with E-state index in [-0.39, 0.29) is 18.3 Å². The van der Waals surface area contributed by atoms with Crippen molar-refractivity contribution in [1.82, 2.24) is 5.32 Å². The van der Waals surface area contributed by atoms with Gasteiger partial charge in [-0.3, -0.25) is 4.79 Å². The van der Waals surface area contributed by atoms with Crippen LogP contribution in [0.4, 0.5) is 10.1 Å². The second-order valence-corrected chi connectivity index (χ2v) is 3.18. The molecule has 0 radical (unpaired) electrons. The summed E-state index contributed by atoms with van der Waals surface area (Å²) in [5, 5.41) is 2.90. The Hall–Kier alpha value is -1.42. The van der Waals surface area contributed by atoms with Crippen LogP contribution in [0.3, 0.4) is 0 Å². The molecule has 1 aromatic carbocycles. The van der Waals surface area contributed by atoms with E-state index in [9.17, 15) is 9.18 Å². The lowest BCUT2D eigenvalue weighted by Gasteiger charge is -2.17. The van der Waals surface area contributed by atoms with Gasteiger partial charge in [0.25, 0.3) is 0 Å². The summed E-state index contributed by atoms with van der Waals surface area (Å²) in [4.78, 5) is 12.9. The number of para-hydroxylation sites is 1. The molecular weight excluding hydrogens is 195 g/mol. The summed E-state index contributed by atoms with van der Waals surface area (Å²) in [6.07, 6.45) is 0. The summed E-state index contributed by atoms with van der Waals surface area (Å²) in [6.45, 7) is 2.86. The first-order chi connectivity index (χ1) is 7.16. The number of carbonyl (C=O) groups excluding carboxylic acids is 1. The van der Waals surface area contributed by atoms with Crippen LogP contribution >= 0.6 is 0 Å². The maximum atomic E-state index is 13.3. The van der Waals surface area contributed by atoms with Crippen molar-refractivity contribution in [3.63, 3.8) is 0 Å². The van der Waals surface area contributed by atoms with Crippen LogP contribution in [0.2, 0.25) is 0 Å². The van der Waals surface area contributed by atoms with Gasteiger partial charge in [0.2, 0.25) is 5.91 Å². The maximum Gasteiger partial charge on any atom is 0.240 e. The highest BCUT2D eigenvalue weighted by atomic mass is 19.1. The van der Waals surface area contributed by atoms with E-state index in [1.54, 1.807) is 25.2 Å². The van der Waals surface area contributed by atoms with Crippen molar-refractivity contribution < 1.29 is 9.18 Å². The molecule has 0 aromatic heterocycles. The van der Waals surface area contributed by atoms with Crippen LogP contribution in [-0.2, 0) is 4.79 Å². The van der Waals surface area contributed by atoms with Gasteiger partial charge in [-0.05, 0) is 18.7 Å². The van der Waals surface area contributed by atoms with Crippen LogP contribution in [-0.4, -0.2) is 26.0 Å². The third kappa shape index (κ3) is 3.02. The number of nitrogens with zero attached hydrogens (tertiary/aromatic N) is 1. The normalized spacial score (nSPS) is 10.1. The molecular formula is C11H15FN2O. The Balaban J connectivity index is 2.72. The van der Waals surface area contributed by atoms with E-state index in [0.29, 0.717) is 5.69 Å². The maximum absolute atomic E-state index is 13.3. The third-order valence-corrected chi connectivity index (χ3v) is 2.11. The molecule has 0 aliphatic carbocycles. The first kappa shape index (κ1) is 11.7. The number of carbonyl (C=O) groups is 1. The molecule has 0 spiro atoms. The molecule has 0 saturated heterocycles. The van der Waals surface area contributed by atoms with Crippen LogP contribution in [0.25, 0.3) is 0 Å². The van der Waals surface area contributed by atoms with Gasteiger partial charge in [0.15, 0.2) is 0 Å². The minimum atomic E-state index is -0.384. The molecule has 4 heteroatoms.